The number of aliphatic imine (C=N–C) groups is 1. The summed E-state index contributed by atoms with van der Waals surface area (Å²) in [4.78, 5) is 12.1. The van der Waals surface area contributed by atoms with Gasteiger partial charge in [0.2, 0.25) is 0 Å². The molecule has 1 N–H and O–H groups in total. The Morgan fingerprint density at radius 1 is 1.15 bits per heavy atom. The third-order valence-electron chi connectivity index (χ3n) is 6.20. The molecule has 27 heavy (non-hydrogen) atoms. The zero-order chi connectivity index (χ0) is 19.1. The summed E-state index contributed by atoms with van der Waals surface area (Å²) < 4.78 is 0. The summed E-state index contributed by atoms with van der Waals surface area (Å²) in [6.45, 7) is 13.7. The van der Waals surface area contributed by atoms with Crippen molar-refractivity contribution in [3.63, 3.8) is 0 Å². The van der Waals surface area contributed by atoms with Crippen LogP contribution >= 0.6 is 0 Å². The summed E-state index contributed by atoms with van der Waals surface area (Å²) >= 11 is 0. The molecule has 0 amide bonds. The molecule has 0 radical (unpaired) electrons. The first-order chi connectivity index (χ1) is 13.2. The van der Waals surface area contributed by atoms with Crippen LogP contribution in [-0.2, 0) is 6.42 Å². The van der Waals surface area contributed by atoms with Crippen LogP contribution in [0.25, 0.3) is 0 Å². The molecule has 0 saturated carbocycles. The van der Waals surface area contributed by atoms with Crippen LogP contribution in [0.3, 0.4) is 0 Å². The normalized spacial score (nSPS) is 23.6. The van der Waals surface area contributed by atoms with Crippen molar-refractivity contribution in [3.05, 3.63) is 35.9 Å². The summed E-state index contributed by atoms with van der Waals surface area (Å²) in [6, 6.07) is 11.4. The quantitative estimate of drug-likeness (QED) is 0.614. The molecule has 0 bridgehead atoms. The molecule has 2 heterocycles. The van der Waals surface area contributed by atoms with Gasteiger partial charge in [-0.25, -0.2) is 0 Å². The molecular formula is C22H37N5. The first-order valence-corrected chi connectivity index (χ1v) is 10.7. The Morgan fingerprint density at radius 3 is 2.56 bits per heavy atom. The second kappa shape index (κ2) is 10.1. The maximum absolute atomic E-state index is 4.56. The van der Waals surface area contributed by atoms with Crippen LogP contribution in [0, 0.1) is 5.92 Å². The number of nitrogens with zero attached hydrogens (tertiary/aromatic N) is 4. The van der Waals surface area contributed by atoms with E-state index >= 15 is 0 Å². The molecular weight excluding hydrogens is 334 g/mol. The summed E-state index contributed by atoms with van der Waals surface area (Å²) in [7, 11) is 1.91. The fraction of sp³-hybridized carbons (Fsp3) is 0.682. The van der Waals surface area contributed by atoms with Crippen LogP contribution in [0.2, 0.25) is 0 Å². The van der Waals surface area contributed by atoms with E-state index in [2.05, 4.69) is 69.2 Å². The maximum atomic E-state index is 4.56. The number of nitrogens with one attached hydrogen (secondary N) is 1. The molecule has 2 saturated heterocycles. The van der Waals surface area contributed by atoms with Gasteiger partial charge in [0.1, 0.15) is 0 Å². The molecule has 0 spiro atoms. The largest absolute Gasteiger partial charge is 0.355 e. The smallest absolute Gasteiger partial charge is 0.193 e. The van der Waals surface area contributed by atoms with Gasteiger partial charge in [-0.05, 0) is 37.8 Å². The third-order valence-corrected chi connectivity index (χ3v) is 6.20. The molecule has 2 atom stereocenters. The van der Waals surface area contributed by atoms with Crippen LogP contribution in [-0.4, -0.2) is 86.1 Å². The minimum absolute atomic E-state index is 0.545. The molecule has 5 nitrogen and oxygen atoms in total. The fourth-order valence-corrected chi connectivity index (χ4v) is 4.36. The number of hydrogen-bond acceptors (Lipinski definition) is 3. The van der Waals surface area contributed by atoms with Gasteiger partial charge in [0, 0.05) is 58.9 Å². The lowest BCUT2D eigenvalue weighted by Crippen LogP contribution is -2.53. The highest BCUT2D eigenvalue weighted by Gasteiger charge is 2.26. The van der Waals surface area contributed by atoms with Crippen molar-refractivity contribution in [1.29, 1.82) is 0 Å². The van der Waals surface area contributed by atoms with Crippen molar-refractivity contribution in [3.8, 4) is 0 Å². The lowest BCUT2D eigenvalue weighted by molar-refractivity contribution is 0.107. The highest BCUT2D eigenvalue weighted by atomic mass is 15.3. The van der Waals surface area contributed by atoms with Crippen molar-refractivity contribution < 1.29 is 0 Å². The second-order valence-electron chi connectivity index (χ2n) is 8.04. The van der Waals surface area contributed by atoms with E-state index in [0.717, 1.165) is 31.5 Å². The van der Waals surface area contributed by atoms with E-state index in [-0.39, 0.29) is 0 Å². The Bertz CT molecular complexity index is 580. The van der Waals surface area contributed by atoms with Crippen LogP contribution in [0.5, 0.6) is 0 Å². The zero-order valence-corrected chi connectivity index (χ0v) is 17.4. The number of benzene rings is 1. The number of guanidine groups is 1. The number of piperazine rings is 1. The van der Waals surface area contributed by atoms with Gasteiger partial charge in [-0.1, -0.05) is 37.3 Å². The predicted octanol–water partition coefficient (Wildman–Crippen LogP) is 2.15. The summed E-state index contributed by atoms with van der Waals surface area (Å²) in [6.07, 6.45) is 2.43. The van der Waals surface area contributed by atoms with Crippen LogP contribution < -0.4 is 5.32 Å². The molecule has 2 aliphatic rings. The molecule has 2 fully saturated rings. The SMILES string of the molecule is CCN1CCN(C(C)CNC(=NC)N2CCC(Cc3ccccc3)C2)CC1. The van der Waals surface area contributed by atoms with E-state index in [1.807, 2.05) is 7.05 Å². The average Bonchev–Trinajstić information content (AvgIpc) is 3.17. The van der Waals surface area contributed by atoms with E-state index < -0.39 is 0 Å². The van der Waals surface area contributed by atoms with Crippen molar-refractivity contribution >= 4 is 5.96 Å². The Labute approximate surface area is 165 Å². The van der Waals surface area contributed by atoms with Crippen LogP contribution in [0.15, 0.2) is 35.3 Å². The number of hydrogen-bond donors (Lipinski definition) is 1. The van der Waals surface area contributed by atoms with Gasteiger partial charge in [-0.15, -0.1) is 0 Å². The van der Waals surface area contributed by atoms with E-state index in [4.69, 9.17) is 0 Å². The van der Waals surface area contributed by atoms with Crippen molar-refractivity contribution in [2.24, 2.45) is 10.9 Å². The van der Waals surface area contributed by atoms with Crippen molar-refractivity contribution in [2.45, 2.75) is 32.7 Å². The van der Waals surface area contributed by atoms with Gasteiger partial charge in [0.25, 0.3) is 0 Å². The topological polar surface area (TPSA) is 34.1 Å². The first-order valence-electron chi connectivity index (χ1n) is 10.7. The Balaban J connectivity index is 1.43. The highest BCUT2D eigenvalue weighted by Crippen LogP contribution is 2.21. The van der Waals surface area contributed by atoms with E-state index in [0.29, 0.717) is 6.04 Å². The second-order valence-corrected chi connectivity index (χ2v) is 8.04. The molecule has 1 aromatic rings. The number of likely N-dealkylation sites (tertiary alicyclic amines) is 1. The molecule has 2 aliphatic heterocycles. The van der Waals surface area contributed by atoms with Gasteiger partial charge < -0.3 is 15.1 Å². The molecule has 3 rings (SSSR count). The maximum Gasteiger partial charge on any atom is 0.193 e. The van der Waals surface area contributed by atoms with Gasteiger partial charge in [-0.2, -0.15) is 0 Å². The van der Waals surface area contributed by atoms with Crippen molar-refractivity contribution in [1.82, 2.24) is 20.0 Å². The van der Waals surface area contributed by atoms with Gasteiger partial charge in [0.15, 0.2) is 5.96 Å². The highest BCUT2D eigenvalue weighted by molar-refractivity contribution is 5.80. The monoisotopic (exact) mass is 371 g/mol. The molecule has 5 heteroatoms. The number of rotatable bonds is 6. The van der Waals surface area contributed by atoms with Crippen molar-refractivity contribution in [2.75, 3.05) is 59.4 Å². The van der Waals surface area contributed by atoms with Gasteiger partial charge >= 0.3 is 0 Å². The Kier molecular flexibility index (Phi) is 7.53. The first kappa shape index (κ1) is 20.2. The molecule has 0 aromatic heterocycles. The van der Waals surface area contributed by atoms with Gasteiger partial charge in [-0.3, -0.25) is 9.89 Å². The van der Waals surface area contributed by atoms with E-state index in [1.165, 1.54) is 51.1 Å². The van der Waals surface area contributed by atoms with Crippen LogP contribution in [0.1, 0.15) is 25.8 Å². The third kappa shape index (κ3) is 5.69. The minimum atomic E-state index is 0.545. The zero-order valence-electron chi connectivity index (χ0n) is 17.4. The Hall–Kier alpha value is -1.59. The van der Waals surface area contributed by atoms with Gasteiger partial charge in [0.05, 0.1) is 0 Å². The fourth-order valence-electron chi connectivity index (χ4n) is 4.36. The molecule has 150 valence electrons. The lowest BCUT2D eigenvalue weighted by Gasteiger charge is -2.38. The molecule has 1 aromatic carbocycles. The standard InChI is InChI=1S/C22H37N5/c1-4-25-12-14-26(15-13-25)19(2)17-24-22(23-3)27-11-10-21(18-27)16-20-8-6-5-7-9-20/h5-9,19,21H,4,10-18H2,1-3H3,(H,23,24). The minimum Gasteiger partial charge on any atom is -0.355 e. The summed E-state index contributed by atoms with van der Waals surface area (Å²) in [5, 5.41) is 3.64. The molecule has 0 aliphatic carbocycles. The van der Waals surface area contributed by atoms with E-state index in [9.17, 15) is 0 Å². The number of likely N-dealkylation sites (N-methyl/N-ethyl adjacent to an activating group) is 1. The average molecular weight is 372 g/mol. The predicted molar refractivity (Wildman–Crippen MR) is 114 cm³/mol. The summed E-state index contributed by atoms with van der Waals surface area (Å²) in [5.74, 6) is 1.80. The van der Waals surface area contributed by atoms with E-state index in [1.54, 1.807) is 0 Å². The molecule has 2 unspecified atom stereocenters. The summed E-state index contributed by atoms with van der Waals surface area (Å²) in [5.41, 5.74) is 1.45. The van der Waals surface area contributed by atoms with Crippen LogP contribution in [0.4, 0.5) is 0 Å². The Morgan fingerprint density at radius 2 is 1.89 bits per heavy atom. The lowest BCUT2D eigenvalue weighted by atomic mass is 9.99.